The van der Waals surface area contributed by atoms with Crippen molar-refractivity contribution in [1.29, 1.82) is 0 Å². The first-order chi connectivity index (χ1) is 7.52. The fourth-order valence-electron chi connectivity index (χ4n) is 1.15. The van der Waals surface area contributed by atoms with Crippen molar-refractivity contribution in [1.82, 2.24) is 4.98 Å². The molecule has 86 valence electrons. The van der Waals surface area contributed by atoms with Crippen molar-refractivity contribution in [2.24, 2.45) is 0 Å². The van der Waals surface area contributed by atoms with Gasteiger partial charge in [-0.15, -0.1) is 0 Å². The topological polar surface area (TPSA) is 82.3 Å². The van der Waals surface area contributed by atoms with Gasteiger partial charge in [0.2, 0.25) is 5.75 Å². The summed E-state index contributed by atoms with van der Waals surface area (Å²) in [5, 5.41) is 10.6. The van der Waals surface area contributed by atoms with Gasteiger partial charge in [0, 0.05) is 6.20 Å². The van der Waals surface area contributed by atoms with Gasteiger partial charge < -0.3 is 4.74 Å². The van der Waals surface area contributed by atoms with Crippen LogP contribution in [0.4, 0.5) is 14.5 Å². The van der Waals surface area contributed by atoms with Gasteiger partial charge in [0.05, 0.1) is 17.6 Å². The number of aromatic nitrogens is 1. The lowest BCUT2D eigenvalue weighted by Crippen LogP contribution is -2.04. The fraction of sp³-hybridized carbons (Fsp3) is 0.250. The number of carbonyl (C=O) groups excluding carboxylic acids is 1. The highest BCUT2D eigenvalue weighted by molar-refractivity contribution is 5.82. The third kappa shape index (κ3) is 1.95. The summed E-state index contributed by atoms with van der Waals surface area (Å²) in [6.45, 7) is 0. The van der Waals surface area contributed by atoms with Crippen molar-refractivity contribution in [3.05, 3.63) is 27.6 Å². The molecule has 0 aliphatic heterocycles. The molecule has 0 spiro atoms. The Hall–Kier alpha value is -2.12. The molecule has 1 rings (SSSR count). The fourth-order valence-corrected chi connectivity index (χ4v) is 1.15. The molecule has 6 nitrogen and oxygen atoms in total. The van der Waals surface area contributed by atoms with E-state index in [-0.39, 0.29) is 11.8 Å². The molecule has 1 aromatic heterocycles. The molecule has 16 heavy (non-hydrogen) atoms. The number of nitro groups is 1. The van der Waals surface area contributed by atoms with Crippen molar-refractivity contribution in [3.8, 4) is 5.75 Å². The maximum atomic E-state index is 12.4. The third-order valence-electron chi connectivity index (χ3n) is 1.78. The predicted octanol–water partition coefficient (Wildman–Crippen LogP) is 1.75. The third-order valence-corrected chi connectivity index (χ3v) is 1.78. The van der Waals surface area contributed by atoms with Crippen LogP contribution >= 0.6 is 0 Å². The summed E-state index contributed by atoms with van der Waals surface area (Å²) in [6.07, 6.45) is -2.07. The number of aldehydes is 1. The number of nitrogens with zero attached hydrogens (tertiary/aromatic N) is 2. The zero-order valence-electron chi connectivity index (χ0n) is 8.02. The van der Waals surface area contributed by atoms with E-state index in [9.17, 15) is 23.7 Å². The first-order valence-electron chi connectivity index (χ1n) is 3.97. The van der Waals surface area contributed by atoms with Gasteiger partial charge in [-0.2, -0.15) is 0 Å². The van der Waals surface area contributed by atoms with Crippen LogP contribution in [-0.2, 0) is 0 Å². The Morgan fingerprint density at radius 3 is 2.62 bits per heavy atom. The van der Waals surface area contributed by atoms with Gasteiger partial charge in [-0.05, 0) is 0 Å². The standard InChI is InChI=1S/C8H6F2N2O4/c1-16-7-4(3-13)2-11-5(8(9)10)6(7)12(14)15/h2-3,8H,1H3. The predicted molar refractivity (Wildman–Crippen MR) is 47.8 cm³/mol. The minimum absolute atomic E-state index is 0.244. The second-order valence-corrected chi connectivity index (χ2v) is 2.66. The van der Waals surface area contributed by atoms with E-state index in [0.29, 0.717) is 0 Å². The molecule has 0 N–H and O–H groups in total. The summed E-state index contributed by atoms with van der Waals surface area (Å²) in [5.74, 6) is -0.509. The highest BCUT2D eigenvalue weighted by Crippen LogP contribution is 2.36. The SMILES string of the molecule is COc1c(C=O)cnc(C(F)F)c1[N+](=O)[O-]. The van der Waals surface area contributed by atoms with E-state index in [0.717, 1.165) is 13.3 Å². The molecule has 0 aliphatic carbocycles. The van der Waals surface area contributed by atoms with Gasteiger partial charge in [-0.25, -0.2) is 13.8 Å². The van der Waals surface area contributed by atoms with Crippen LogP contribution < -0.4 is 4.74 Å². The second-order valence-electron chi connectivity index (χ2n) is 2.66. The van der Waals surface area contributed by atoms with Gasteiger partial charge in [0.25, 0.3) is 6.43 Å². The highest BCUT2D eigenvalue weighted by atomic mass is 19.3. The molecule has 0 unspecified atom stereocenters. The molecule has 0 fully saturated rings. The van der Waals surface area contributed by atoms with E-state index in [2.05, 4.69) is 9.72 Å². The highest BCUT2D eigenvalue weighted by Gasteiger charge is 2.30. The maximum absolute atomic E-state index is 12.4. The summed E-state index contributed by atoms with van der Waals surface area (Å²) in [5.41, 5.74) is -2.26. The minimum Gasteiger partial charge on any atom is -0.490 e. The largest absolute Gasteiger partial charge is 0.490 e. The molecule has 0 saturated carbocycles. The van der Waals surface area contributed by atoms with Crippen molar-refractivity contribution in [3.63, 3.8) is 0 Å². The number of carbonyl (C=O) groups is 1. The van der Waals surface area contributed by atoms with Gasteiger partial charge >= 0.3 is 5.69 Å². The van der Waals surface area contributed by atoms with E-state index in [1.807, 2.05) is 0 Å². The van der Waals surface area contributed by atoms with Crippen LogP contribution in [0.5, 0.6) is 5.75 Å². The molecular formula is C8H6F2N2O4. The van der Waals surface area contributed by atoms with Crippen molar-refractivity contribution >= 4 is 12.0 Å². The monoisotopic (exact) mass is 232 g/mol. The van der Waals surface area contributed by atoms with Crippen LogP contribution in [0.1, 0.15) is 22.5 Å². The lowest BCUT2D eigenvalue weighted by molar-refractivity contribution is -0.387. The van der Waals surface area contributed by atoms with Crippen molar-refractivity contribution in [2.75, 3.05) is 7.11 Å². The smallest absolute Gasteiger partial charge is 0.338 e. The van der Waals surface area contributed by atoms with E-state index in [1.54, 1.807) is 0 Å². The molecule has 0 bridgehead atoms. The molecule has 0 aromatic carbocycles. The number of methoxy groups -OCH3 is 1. The summed E-state index contributed by atoms with van der Waals surface area (Å²) in [6, 6.07) is 0. The Balaban J connectivity index is 3.56. The minimum atomic E-state index is -3.12. The Morgan fingerprint density at radius 1 is 1.62 bits per heavy atom. The average molecular weight is 232 g/mol. The van der Waals surface area contributed by atoms with Crippen LogP contribution in [0.2, 0.25) is 0 Å². The zero-order chi connectivity index (χ0) is 12.3. The Bertz CT molecular complexity index is 436. The quantitative estimate of drug-likeness (QED) is 0.448. The van der Waals surface area contributed by atoms with Crippen molar-refractivity contribution < 1.29 is 23.2 Å². The van der Waals surface area contributed by atoms with Crippen LogP contribution in [0.25, 0.3) is 0 Å². The maximum Gasteiger partial charge on any atom is 0.338 e. The number of pyridine rings is 1. The van der Waals surface area contributed by atoms with Crippen LogP contribution in [-0.4, -0.2) is 23.3 Å². The van der Waals surface area contributed by atoms with Gasteiger partial charge in [0.15, 0.2) is 12.0 Å². The molecule has 1 aromatic rings. The molecule has 0 amide bonds. The molecule has 8 heteroatoms. The summed E-state index contributed by atoms with van der Waals surface area (Å²) in [7, 11) is 1.05. The van der Waals surface area contributed by atoms with Crippen LogP contribution in [0.3, 0.4) is 0 Å². The zero-order valence-corrected chi connectivity index (χ0v) is 8.02. The van der Waals surface area contributed by atoms with E-state index < -0.39 is 28.5 Å². The number of ether oxygens (including phenoxy) is 1. The molecule has 0 radical (unpaired) electrons. The number of hydrogen-bond acceptors (Lipinski definition) is 5. The Kier molecular flexibility index (Phi) is 3.44. The van der Waals surface area contributed by atoms with Gasteiger partial charge in [0.1, 0.15) is 0 Å². The summed E-state index contributed by atoms with van der Waals surface area (Å²) >= 11 is 0. The number of alkyl halides is 2. The number of rotatable bonds is 4. The number of hydrogen-bond donors (Lipinski definition) is 0. The summed E-state index contributed by atoms with van der Waals surface area (Å²) in [4.78, 5) is 23.2. The van der Waals surface area contributed by atoms with Crippen molar-refractivity contribution in [2.45, 2.75) is 6.43 Å². The molecular weight excluding hydrogens is 226 g/mol. The average Bonchev–Trinajstić information content (AvgIpc) is 2.26. The Morgan fingerprint density at radius 2 is 2.25 bits per heavy atom. The summed E-state index contributed by atoms with van der Waals surface area (Å²) < 4.78 is 29.4. The molecule has 0 aliphatic rings. The number of halogens is 2. The lowest BCUT2D eigenvalue weighted by atomic mass is 10.2. The second kappa shape index (κ2) is 4.60. The molecule has 0 saturated heterocycles. The van der Waals surface area contributed by atoms with E-state index >= 15 is 0 Å². The lowest BCUT2D eigenvalue weighted by Gasteiger charge is -2.07. The van der Waals surface area contributed by atoms with Crippen LogP contribution in [0, 0.1) is 10.1 Å². The van der Waals surface area contributed by atoms with Gasteiger partial charge in [-0.3, -0.25) is 14.9 Å². The van der Waals surface area contributed by atoms with E-state index in [4.69, 9.17) is 0 Å². The molecule has 0 atom stereocenters. The van der Waals surface area contributed by atoms with Gasteiger partial charge in [-0.1, -0.05) is 0 Å². The van der Waals surface area contributed by atoms with Crippen LogP contribution in [0.15, 0.2) is 6.20 Å². The first kappa shape index (κ1) is 12.0. The van der Waals surface area contributed by atoms with E-state index in [1.165, 1.54) is 0 Å². The normalized spacial score (nSPS) is 10.2. The Labute approximate surface area is 88.0 Å². The first-order valence-corrected chi connectivity index (χ1v) is 3.97. The molecule has 1 heterocycles.